The normalized spacial score (nSPS) is 14.6. The summed E-state index contributed by atoms with van der Waals surface area (Å²) in [5, 5.41) is 3.46. The molecule has 104 valence electrons. The fourth-order valence-electron chi connectivity index (χ4n) is 2.54. The zero-order valence-electron chi connectivity index (χ0n) is 12.2. The van der Waals surface area contributed by atoms with Crippen LogP contribution in [0.4, 0.5) is 0 Å². The van der Waals surface area contributed by atoms with E-state index < -0.39 is 0 Å². The summed E-state index contributed by atoms with van der Waals surface area (Å²) in [6.45, 7) is 4.60. The Labute approximate surface area is 112 Å². The van der Waals surface area contributed by atoms with Gasteiger partial charge in [0, 0.05) is 12.5 Å². The van der Waals surface area contributed by atoms with Crippen LogP contribution in [0.15, 0.2) is 22.8 Å². The number of furan rings is 1. The monoisotopic (exact) mass is 251 g/mol. The topological polar surface area (TPSA) is 25.2 Å². The fraction of sp³-hybridized carbons (Fsp3) is 0.750. The molecule has 0 radical (unpaired) electrons. The molecule has 1 heterocycles. The van der Waals surface area contributed by atoms with Crippen molar-refractivity contribution >= 4 is 0 Å². The van der Waals surface area contributed by atoms with Gasteiger partial charge >= 0.3 is 0 Å². The van der Waals surface area contributed by atoms with Crippen LogP contribution in [-0.4, -0.2) is 13.1 Å². The van der Waals surface area contributed by atoms with Crippen LogP contribution in [0.5, 0.6) is 0 Å². The Hall–Kier alpha value is -0.760. The lowest BCUT2D eigenvalue weighted by atomic mass is 9.90. The highest BCUT2D eigenvalue weighted by Gasteiger charge is 2.14. The minimum Gasteiger partial charge on any atom is -0.469 e. The summed E-state index contributed by atoms with van der Waals surface area (Å²) in [6, 6.07) is 4.66. The average Bonchev–Trinajstić information content (AvgIpc) is 2.91. The Morgan fingerprint density at radius 3 is 2.67 bits per heavy atom. The Kier molecular flexibility index (Phi) is 7.83. The Balaban J connectivity index is 2.30. The SMILES string of the molecule is CCCCC(CC)CC(CCc1ccco1)NC. The van der Waals surface area contributed by atoms with Gasteiger partial charge in [0.15, 0.2) is 0 Å². The zero-order chi connectivity index (χ0) is 13.2. The van der Waals surface area contributed by atoms with E-state index in [0.29, 0.717) is 6.04 Å². The molecule has 2 unspecified atom stereocenters. The summed E-state index contributed by atoms with van der Waals surface area (Å²) in [5.74, 6) is 1.98. The fourth-order valence-corrected chi connectivity index (χ4v) is 2.54. The summed E-state index contributed by atoms with van der Waals surface area (Å²) >= 11 is 0. The van der Waals surface area contributed by atoms with Crippen molar-refractivity contribution in [1.82, 2.24) is 5.32 Å². The molecular weight excluding hydrogens is 222 g/mol. The van der Waals surface area contributed by atoms with Gasteiger partial charge in [-0.25, -0.2) is 0 Å². The standard InChI is InChI=1S/C16H29NO/c1-4-6-8-14(5-2)13-15(17-3)10-11-16-9-7-12-18-16/h7,9,12,14-15,17H,4-6,8,10-11,13H2,1-3H3. The van der Waals surface area contributed by atoms with E-state index in [9.17, 15) is 0 Å². The van der Waals surface area contributed by atoms with Gasteiger partial charge in [-0.05, 0) is 37.9 Å². The average molecular weight is 251 g/mol. The van der Waals surface area contributed by atoms with Gasteiger partial charge in [-0.1, -0.05) is 39.5 Å². The summed E-state index contributed by atoms with van der Waals surface area (Å²) in [5.41, 5.74) is 0. The summed E-state index contributed by atoms with van der Waals surface area (Å²) in [6.07, 6.45) is 10.6. The summed E-state index contributed by atoms with van der Waals surface area (Å²) in [7, 11) is 2.08. The number of nitrogens with one attached hydrogen (secondary N) is 1. The molecule has 1 aromatic heterocycles. The maximum absolute atomic E-state index is 5.40. The number of aryl methyl sites for hydroxylation is 1. The van der Waals surface area contributed by atoms with Gasteiger partial charge < -0.3 is 9.73 Å². The van der Waals surface area contributed by atoms with Crippen molar-refractivity contribution in [2.24, 2.45) is 5.92 Å². The van der Waals surface area contributed by atoms with Crippen LogP contribution in [0.3, 0.4) is 0 Å². The van der Waals surface area contributed by atoms with Gasteiger partial charge in [-0.3, -0.25) is 0 Å². The van der Waals surface area contributed by atoms with Crippen molar-refractivity contribution in [1.29, 1.82) is 0 Å². The molecule has 0 aliphatic heterocycles. The molecule has 1 aromatic rings. The van der Waals surface area contributed by atoms with E-state index in [1.165, 1.54) is 38.5 Å². The molecule has 2 nitrogen and oxygen atoms in total. The summed E-state index contributed by atoms with van der Waals surface area (Å²) < 4.78 is 5.40. The van der Waals surface area contributed by atoms with Crippen molar-refractivity contribution in [2.45, 2.75) is 64.8 Å². The van der Waals surface area contributed by atoms with E-state index in [0.717, 1.165) is 18.1 Å². The van der Waals surface area contributed by atoms with E-state index in [2.05, 4.69) is 32.3 Å². The number of unbranched alkanes of at least 4 members (excludes halogenated alkanes) is 1. The van der Waals surface area contributed by atoms with Crippen molar-refractivity contribution in [3.63, 3.8) is 0 Å². The van der Waals surface area contributed by atoms with Gasteiger partial charge in [-0.15, -0.1) is 0 Å². The number of rotatable bonds is 10. The minimum atomic E-state index is 0.622. The first kappa shape index (κ1) is 15.3. The summed E-state index contributed by atoms with van der Waals surface area (Å²) in [4.78, 5) is 0. The molecule has 0 saturated carbocycles. The lowest BCUT2D eigenvalue weighted by Crippen LogP contribution is -2.28. The van der Waals surface area contributed by atoms with Crippen molar-refractivity contribution < 1.29 is 4.42 Å². The number of hydrogen-bond acceptors (Lipinski definition) is 2. The van der Waals surface area contributed by atoms with Crippen LogP contribution in [0.1, 0.15) is 58.1 Å². The molecule has 0 amide bonds. The first-order valence-corrected chi connectivity index (χ1v) is 7.49. The van der Waals surface area contributed by atoms with Gasteiger partial charge in [0.25, 0.3) is 0 Å². The van der Waals surface area contributed by atoms with Crippen molar-refractivity contribution in [2.75, 3.05) is 7.05 Å². The zero-order valence-corrected chi connectivity index (χ0v) is 12.2. The lowest BCUT2D eigenvalue weighted by Gasteiger charge is -2.22. The van der Waals surface area contributed by atoms with Crippen LogP contribution in [-0.2, 0) is 6.42 Å². The van der Waals surface area contributed by atoms with Crippen molar-refractivity contribution in [3.05, 3.63) is 24.2 Å². The molecule has 1 N–H and O–H groups in total. The molecule has 2 heteroatoms. The van der Waals surface area contributed by atoms with Crippen LogP contribution >= 0.6 is 0 Å². The van der Waals surface area contributed by atoms with E-state index in [1.807, 2.05) is 6.07 Å². The third-order valence-electron chi connectivity index (χ3n) is 3.89. The number of hydrogen-bond donors (Lipinski definition) is 1. The van der Waals surface area contributed by atoms with E-state index in [4.69, 9.17) is 4.42 Å². The van der Waals surface area contributed by atoms with E-state index >= 15 is 0 Å². The maximum atomic E-state index is 5.40. The second-order valence-electron chi connectivity index (χ2n) is 5.26. The van der Waals surface area contributed by atoms with E-state index in [-0.39, 0.29) is 0 Å². The van der Waals surface area contributed by atoms with E-state index in [1.54, 1.807) is 6.26 Å². The maximum Gasteiger partial charge on any atom is 0.103 e. The Morgan fingerprint density at radius 1 is 1.28 bits per heavy atom. The van der Waals surface area contributed by atoms with Gasteiger partial charge in [-0.2, -0.15) is 0 Å². The highest BCUT2D eigenvalue weighted by atomic mass is 16.3. The predicted molar refractivity (Wildman–Crippen MR) is 77.8 cm³/mol. The molecule has 0 bridgehead atoms. The van der Waals surface area contributed by atoms with Gasteiger partial charge in [0.1, 0.15) is 5.76 Å². The van der Waals surface area contributed by atoms with Crippen molar-refractivity contribution in [3.8, 4) is 0 Å². The highest BCUT2D eigenvalue weighted by molar-refractivity contribution is 4.98. The Morgan fingerprint density at radius 2 is 2.11 bits per heavy atom. The molecule has 0 spiro atoms. The first-order chi connectivity index (χ1) is 8.80. The highest BCUT2D eigenvalue weighted by Crippen LogP contribution is 2.20. The van der Waals surface area contributed by atoms with Crippen LogP contribution in [0, 0.1) is 5.92 Å². The van der Waals surface area contributed by atoms with Crippen LogP contribution < -0.4 is 5.32 Å². The lowest BCUT2D eigenvalue weighted by molar-refractivity contribution is 0.343. The first-order valence-electron chi connectivity index (χ1n) is 7.49. The minimum absolute atomic E-state index is 0.622. The molecular formula is C16H29NO. The third kappa shape index (κ3) is 5.72. The van der Waals surface area contributed by atoms with Crippen LogP contribution in [0.2, 0.25) is 0 Å². The predicted octanol–water partition coefficient (Wildman–Crippen LogP) is 4.41. The quantitative estimate of drug-likeness (QED) is 0.666. The van der Waals surface area contributed by atoms with Gasteiger partial charge in [0.05, 0.1) is 6.26 Å². The molecule has 0 saturated heterocycles. The molecule has 0 aliphatic carbocycles. The molecule has 2 atom stereocenters. The second kappa shape index (κ2) is 9.21. The third-order valence-corrected chi connectivity index (χ3v) is 3.89. The molecule has 18 heavy (non-hydrogen) atoms. The van der Waals surface area contributed by atoms with Gasteiger partial charge in [0.2, 0.25) is 0 Å². The smallest absolute Gasteiger partial charge is 0.103 e. The van der Waals surface area contributed by atoms with Crippen LogP contribution in [0.25, 0.3) is 0 Å². The molecule has 0 aromatic carbocycles. The second-order valence-corrected chi connectivity index (χ2v) is 5.26. The largest absolute Gasteiger partial charge is 0.469 e. The molecule has 0 aliphatic rings. The molecule has 0 fully saturated rings. The Bertz CT molecular complexity index is 281. The molecule has 1 rings (SSSR count).